The first kappa shape index (κ1) is 63.6. The number of ether oxygens (including phenoxy) is 3. The van der Waals surface area contributed by atoms with Crippen molar-refractivity contribution in [3.8, 4) is 0 Å². The molecular weight excluding hydrogens is 813 g/mol. The minimum Gasteiger partial charge on any atom is -0.462 e. The Hall–Kier alpha value is -2.40. The monoisotopic (exact) mass is 923 g/mol. The summed E-state index contributed by atoms with van der Waals surface area (Å²) in [6.07, 6.45) is 72.4. The molecule has 0 aliphatic heterocycles. The minimum atomic E-state index is -0.548. The van der Waals surface area contributed by atoms with Gasteiger partial charge in [0.25, 0.3) is 0 Å². The second-order valence-corrected chi connectivity index (χ2v) is 19.2. The molecular formula is C61H110O5. The van der Waals surface area contributed by atoms with Crippen molar-refractivity contribution in [3.63, 3.8) is 0 Å². The molecule has 0 aromatic heterocycles. The van der Waals surface area contributed by atoms with Crippen molar-refractivity contribution in [1.82, 2.24) is 0 Å². The van der Waals surface area contributed by atoms with E-state index in [9.17, 15) is 9.59 Å². The summed E-state index contributed by atoms with van der Waals surface area (Å²) >= 11 is 0. The van der Waals surface area contributed by atoms with Crippen LogP contribution in [0, 0.1) is 0 Å². The molecule has 0 amide bonds. The molecule has 0 aromatic carbocycles. The van der Waals surface area contributed by atoms with Gasteiger partial charge in [0.15, 0.2) is 6.10 Å². The first-order valence-electron chi connectivity index (χ1n) is 28.8. The van der Waals surface area contributed by atoms with E-state index in [2.05, 4.69) is 81.5 Å². The fraction of sp³-hybridized carbons (Fsp3) is 0.803. The van der Waals surface area contributed by atoms with Gasteiger partial charge in [-0.1, -0.05) is 255 Å². The lowest BCUT2D eigenvalue weighted by Gasteiger charge is -2.18. The molecule has 66 heavy (non-hydrogen) atoms. The number of rotatable bonds is 53. The van der Waals surface area contributed by atoms with Gasteiger partial charge in [-0.05, 0) is 83.5 Å². The van der Waals surface area contributed by atoms with Gasteiger partial charge in [-0.2, -0.15) is 0 Å². The highest BCUT2D eigenvalue weighted by atomic mass is 16.6. The molecule has 0 bridgehead atoms. The lowest BCUT2D eigenvalue weighted by atomic mass is 10.0. The maximum Gasteiger partial charge on any atom is 0.306 e. The SMILES string of the molecule is CC/C=C\C/C=C\C/C=C\C/C=C\CCCCCCC(=O)OCC(COCCCCCCCCCCCCCCCCCC)OC(=O)CCCCCCCCC/C=C\CCCCCCCC. The van der Waals surface area contributed by atoms with Crippen LogP contribution in [-0.2, 0) is 23.8 Å². The van der Waals surface area contributed by atoms with Crippen LogP contribution in [0.2, 0.25) is 0 Å². The molecule has 1 unspecified atom stereocenters. The molecule has 0 heterocycles. The van der Waals surface area contributed by atoms with Crippen molar-refractivity contribution >= 4 is 11.9 Å². The largest absolute Gasteiger partial charge is 0.462 e. The molecule has 0 rings (SSSR count). The molecule has 5 heteroatoms. The third kappa shape index (κ3) is 54.2. The molecule has 0 saturated heterocycles. The van der Waals surface area contributed by atoms with E-state index < -0.39 is 6.10 Å². The van der Waals surface area contributed by atoms with E-state index in [1.165, 1.54) is 167 Å². The van der Waals surface area contributed by atoms with Crippen molar-refractivity contribution in [3.05, 3.63) is 60.8 Å². The maximum absolute atomic E-state index is 12.9. The Morgan fingerprint density at radius 2 is 0.682 bits per heavy atom. The Morgan fingerprint density at radius 3 is 1.11 bits per heavy atom. The number of esters is 2. The van der Waals surface area contributed by atoms with Gasteiger partial charge in [0.05, 0.1) is 6.61 Å². The van der Waals surface area contributed by atoms with Crippen molar-refractivity contribution < 1.29 is 23.8 Å². The fourth-order valence-corrected chi connectivity index (χ4v) is 8.26. The number of carbonyl (C=O) groups excluding carboxylic acids is 2. The van der Waals surface area contributed by atoms with E-state index in [-0.39, 0.29) is 25.2 Å². The molecule has 0 radical (unpaired) electrons. The predicted molar refractivity (Wildman–Crippen MR) is 288 cm³/mol. The van der Waals surface area contributed by atoms with Crippen LogP contribution in [0.4, 0.5) is 0 Å². The lowest BCUT2D eigenvalue weighted by molar-refractivity contribution is -0.163. The van der Waals surface area contributed by atoms with Gasteiger partial charge in [-0.15, -0.1) is 0 Å². The van der Waals surface area contributed by atoms with Crippen LogP contribution in [0.3, 0.4) is 0 Å². The zero-order chi connectivity index (χ0) is 47.7. The van der Waals surface area contributed by atoms with Crippen LogP contribution in [-0.4, -0.2) is 37.9 Å². The van der Waals surface area contributed by atoms with E-state index >= 15 is 0 Å². The fourth-order valence-electron chi connectivity index (χ4n) is 8.26. The molecule has 384 valence electrons. The molecule has 0 aliphatic rings. The average Bonchev–Trinajstić information content (AvgIpc) is 3.32. The second-order valence-electron chi connectivity index (χ2n) is 19.2. The Morgan fingerprint density at radius 1 is 0.348 bits per heavy atom. The van der Waals surface area contributed by atoms with Gasteiger partial charge in [0.2, 0.25) is 0 Å². The van der Waals surface area contributed by atoms with Crippen LogP contribution < -0.4 is 0 Å². The van der Waals surface area contributed by atoms with Gasteiger partial charge < -0.3 is 14.2 Å². The summed E-state index contributed by atoms with van der Waals surface area (Å²) in [5.74, 6) is -0.417. The summed E-state index contributed by atoms with van der Waals surface area (Å²) < 4.78 is 17.5. The third-order valence-electron chi connectivity index (χ3n) is 12.5. The van der Waals surface area contributed by atoms with Gasteiger partial charge >= 0.3 is 11.9 Å². The highest BCUT2D eigenvalue weighted by Gasteiger charge is 2.17. The van der Waals surface area contributed by atoms with Crippen LogP contribution in [0.1, 0.15) is 290 Å². The Kier molecular flexibility index (Phi) is 54.9. The van der Waals surface area contributed by atoms with Crippen LogP contribution >= 0.6 is 0 Å². The first-order chi connectivity index (χ1) is 32.6. The summed E-state index contributed by atoms with van der Waals surface area (Å²) in [6, 6.07) is 0. The zero-order valence-corrected chi connectivity index (χ0v) is 44.2. The minimum absolute atomic E-state index is 0.0730. The molecule has 0 saturated carbocycles. The van der Waals surface area contributed by atoms with Crippen molar-refractivity contribution in [2.45, 2.75) is 297 Å². The average molecular weight is 924 g/mol. The van der Waals surface area contributed by atoms with Crippen molar-refractivity contribution in [2.75, 3.05) is 19.8 Å². The number of allylic oxidation sites excluding steroid dienone is 10. The lowest BCUT2D eigenvalue weighted by Crippen LogP contribution is -2.30. The number of carbonyl (C=O) groups is 2. The molecule has 0 aliphatic carbocycles. The number of hydrogen-bond acceptors (Lipinski definition) is 5. The van der Waals surface area contributed by atoms with Crippen LogP contribution in [0.15, 0.2) is 60.8 Å². The Bertz CT molecular complexity index is 1130. The maximum atomic E-state index is 12.9. The summed E-state index contributed by atoms with van der Waals surface area (Å²) in [5, 5.41) is 0. The van der Waals surface area contributed by atoms with Crippen molar-refractivity contribution in [1.29, 1.82) is 0 Å². The normalized spacial score (nSPS) is 12.6. The van der Waals surface area contributed by atoms with Gasteiger partial charge in [0, 0.05) is 19.4 Å². The summed E-state index contributed by atoms with van der Waals surface area (Å²) in [7, 11) is 0. The first-order valence-corrected chi connectivity index (χ1v) is 28.8. The summed E-state index contributed by atoms with van der Waals surface area (Å²) in [6.45, 7) is 7.73. The van der Waals surface area contributed by atoms with E-state index in [1.807, 2.05) is 0 Å². The number of hydrogen-bond donors (Lipinski definition) is 0. The number of unbranched alkanes of at least 4 members (excludes halogenated alkanes) is 32. The highest BCUT2D eigenvalue weighted by molar-refractivity contribution is 5.70. The zero-order valence-electron chi connectivity index (χ0n) is 44.2. The molecule has 0 N–H and O–H groups in total. The summed E-state index contributed by atoms with van der Waals surface area (Å²) in [5.41, 5.74) is 0. The van der Waals surface area contributed by atoms with E-state index in [4.69, 9.17) is 14.2 Å². The smallest absolute Gasteiger partial charge is 0.306 e. The summed E-state index contributed by atoms with van der Waals surface area (Å²) in [4.78, 5) is 25.5. The molecule has 0 aromatic rings. The van der Waals surface area contributed by atoms with Crippen LogP contribution in [0.5, 0.6) is 0 Å². The van der Waals surface area contributed by atoms with E-state index in [0.717, 1.165) is 89.9 Å². The quantitative estimate of drug-likeness (QED) is 0.0346. The molecule has 0 fully saturated rings. The third-order valence-corrected chi connectivity index (χ3v) is 12.5. The Labute approximate surface area is 411 Å². The topological polar surface area (TPSA) is 61.8 Å². The van der Waals surface area contributed by atoms with Crippen LogP contribution in [0.25, 0.3) is 0 Å². The van der Waals surface area contributed by atoms with E-state index in [0.29, 0.717) is 19.4 Å². The van der Waals surface area contributed by atoms with E-state index in [1.54, 1.807) is 0 Å². The van der Waals surface area contributed by atoms with Crippen molar-refractivity contribution in [2.24, 2.45) is 0 Å². The Balaban J connectivity index is 4.30. The molecule has 5 nitrogen and oxygen atoms in total. The van der Waals surface area contributed by atoms with Gasteiger partial charge in [-0.25, -0.2) is 0 Å². The van der Waals surface area contributed by atoms with Gasteiger partial charge in [0.1, 0.15) is 6.61 Å². The predicted octanol–water partition coefficient (Wildman–Crippen LogP) is 19.7. The second kappa shape index (κ2) is 56.9. The molecule has 1 atom stereocenters. The molecule has 0 spiro atoms. The standard InChI is InChI=1S/C61H110O5/c1-4-7-10-13-16-19-22-25-28-31-33-36-39-42-45-48-51-54-60(62)65-58-59(57-64-56-53-50-47-44-41-38-35-30-27-24-21-18-15-12-9-6-3)66-61(63)55-52-49-46-43-40-37-34-32-29-26-23-20-17-14-11-8-5-2/h7,10,16,19,25-26,28-29,33,36,59H,4-6,8-9,11-15,17-18,20-24,27,30-32,34-35,37-58H2,1-3H3/b10-7-,19-16-,28-25-,29-26-,36-33-. The highest BCUT2D eigenvalue weighted by Crippen LogP contribution is 2.16. The van der Waals surface area contributed by atoms with Gasteiger partial charge in [-0.3, -0.25) is 9.59 Å².